The van der Waals surface area contributed by atoms with Gasteiger partial charge in [0.15, 0.2) is 0 Å². The van der Waals surface area contributed by atoms with E-state index in [0.717, 1.165) is 16.8 Å². The molecule has 1 aliphatic rings. The molecule has 19 heavy (non-hydrogen) atoms. The lowest BCUT2D eigenvalue weighted by molar-refractivity contribution is -0.114. The Kier molecular flexibility index (Phi) is 2.67. The van der Waals surface area contributed by atoms with Gasteiger partial charge in [0.2, 0.25) is 0 Å². The molecular weight excluding hydrogens is 267 g/mol. The number of ketones is 1. The molecule has 96 valence electrons. The fraction of sp³-hybridized carbons (Fsp3) is 0.154. The van der Waals surface area contributed by atoms with Crippen LogP contribution in [0.3, 0.4) is 0 Å². The SMILES string of the molecule is Cc1nc(CN2C(=O)C(=O)c3cc(F)ccc32)cs1. The van der Waals surface area contributed by atoms with Crippen molar-refractivity contribution in [2.45, 2.75) is 13.5 Å². The van der Waals surface area contributed by atoms with Crippen LogP contribution in [0.4, 0.5) is 10.1 Å². The number of amides is 1. The van der Waals surface area contributed by atoms with Crippen molar-refractivity contribution in [3.8, 4) is 0 Å². The van der Waals surface area contributed by atoms with Gasteiger partial charge in [-0.3, -0.25) is 14.5 Å². The van der Waals surface area contributed by atoms with Gasteiger partial charge in [0.05, 0.1) is 28.5 Å². The molecular formula is C13H9FN2O2S. The van der Waals surface area contributed by atoms with E-state index in [1.54, 1.807) is 0 Å². The van der Waals surface area contributed by atoms with Crippen molar-refractivity contribution in [1.82, 2.24) is 4.98 Å². The van der Waals surface area contributed by atoms with E-state index in [-0.39, 0.29) is 12.1 Å². The summed E-state index contributed by atoms with van der Waals surface area (Å²) in [5.74, 6) is -1.82. The largest absolute Gasteiger partial charge is 0.299 e. The number of benzene rings is 1. The molecule has 0 fully saturated rings. The second-order valence-corrected chi connectivity index (χ2v) is 5.30. The molecule has 0 N–H and O–H groups in total. The third-order valence-electron chi connectivity index (χ3n) is 2.92. The van der Waals surface area contributed by atoms with Crippen LogP contribution < -0.4 is 4.90 Å². The summed E-state index contributed by atoms with van der Waals surface area (Å²) in [6, 6.07) is 3.79. The lowest BCUT2D eigenvalue weighted by Crippen LogP contribution is -2.29. The first-order valence-corrected chi connectivity index (χ1v) is 6.51. The van der Waals surface area contributed by atoms with Crippen LogP contribution in [0.15, 0.2) is 23.6 Å². The zero-order chi connectivity index (χ0) is 13.6. The van der Waals surface area contributed by atoms with Crippen molar-refractivity contribution < 1.29 is 14.0 Å². The van der Waals surface area contributed by atoms with Crippen LogP contribution in [-0.2, 0) is 11.3 Å². The third-order valence-corrected chi connectivity index (χ3v) is 3.74. The van der Waals surface area contributed by atoms with Crippen LogP contribution in [0.1, 0.15) is 21.1 Å². The molecule has 0 unspecified atom stereocenters. The maximum absolute atomic E-state index is 13.1. The zero-order valence-corrected chi connectivity index (χ0v) is 10.8. The maximum Gasteiger partial charge on any atom is 0.299 e. The van der Waals surface area contributed by atoms with Crippen molar-refractivity contribution in [2.24, 2.45) is 0 Å². The lowest BCUT2D eigenvalue weighted by atomic mass is 10.1. The Labute approximate surface area is 112 Å². The summed E-state index contributed by atoms with van der Waals surface area (Å²) >= 11 is 1.48. The number of anilines is 1. The predicted octanol–water partition coefficient (Wildman–Crippen LogP) is 2.32. The highest BCUT2D eigenvalue weighted by Gasteiger charge is 2.36. The van der Waals surface area contributed by atoms with Gasteiger partial charge in [-0.2, -0.15) is 0 Å². The van der Waals surface area contributed by atoms with E-state index in [9.17, 15) is 14.0 Å². The van der Waals surface area contributed by atoms with Gasteiger partial charge in [0.1, 0.15) is 5.82 Å². The number of hydrogen-bond donors (Lipinski definition) is 0. The number of Topliss-reactive ketones (excluding diaryl/α,β-unsaturated/α-hetero) is 1. The number of fused-ring (bicyclic) bond motifs is 1. The molecule has 1 amide bonds. The van der Waals surface area contributed by atoms with Crippen molar-refractivity contribution in [3.05, 3.63) is 45.7 Å². The number of carbonyl (C=O) groups excluding carboxylic acids is 2. The van der Waals surface area contributed by atoms with Gasteiger partial charge >= 0.3 is 0 Å². The number of hydrogen-bond acceptors (Lipinski definition) is 4. The first-order valence-electron chi connectivity index (χ1n) is 5.63. The zero-order valence-electron chi connectivity index (χ0n) is 10.0. The molecule has 1 aliphatic heterocycles. The number of thiazole rings is 1. The van der Waals surface area contributed by atoms with Crippen LogP contribution in [0.2, 0.25) is 0 Å². The van der Waals surface area contributed by atoms with E-state index < -0.39 is 17.5 Å². The van der Waals surface area contributed by atoms with E-state index >= 15 is 0 Å². The molecule has 1 aromatic heterocycles. The molecule has 2 heterocycles. The first kappa shape index (κ1) is 12.0. The van der Waals surface area contributed by atoms with Crippen LogP contribution in [0, 0.1) is 12.7 Å². The summed E-state index contributed by atoms with van der Waals surface area (Å²) < 4.78 is 13.1. The summed E-state index contributed by atoms with van der Waals surface area (Å²) in [5.41, 5.74) is 1.29. The van der Waals surface area contributed by atoms with Crippen LogP contribution in [-0.4, -0.2) is 16.7 Å². The molecule has 0 atom stereocenters. The van der Waals surface area contributed by atoms with Crippen LogP contribution in [0.5, 0.6) is 0 Å². The number of nitrogens with zero attached hydrogens (tertiary/aromatic N) is 2. The number of carbonyl (C=O) groups is 2. The maximum atomic E-state index is 13.1. The topological polar surface area (TPSA) is 50.3 Å². The highest BCUT2D eigenvalue weighted by atomic mass is 32.1. The Morgan fingerprint density at radius 3 is 2.84 bits per heavy atom. The normalized spacial score (nSPS) is 14.1. The Hall–Kier alpha value is -2.08. The standard InChI is InChI=1S/C13H9FN2O2S/c1-7-15-9(6-19-7)5-16-11-3-2-8(14)4-10(11)12(17)13(16)18/h2-4,6H,5H2,1H3. The minimum absolute atomic E-state index is 0.122. The van der Waals surface area contributed by atoms with Gasteiger partial charge < -0.3 is 0 Å². The van der Waals surface area contributed by atoms with Crippen LogP contribution in [0.25, 0.3) is 0 Å². The lowest BCUT2D eigenvalue weighted by Gasteiger charge is -2.14. The fourth-order valence-electron chi connectivity index (χ4n) is 2.07. The molecule has 0 bridgehead atoms. The summed E-state index contributed by atoms with van der Waals surface area (Å²) in [7, 11) is 0. The van der Waals surface area contributed by atoms with E-state index in [0.29, 0.717) is 5.69 Å². The number of aryl methyl sites for hydroxylation is 1. The molecule has 6 heteroatoms. The van der Waals surface area contributed by atoms with Gasteiger partial charge in [-0.05, 0) is 25.1 Å². The monoisotopic (exact) mass is 276 g/mol. The van der Waals surface area contributed by atoms with Crippen molar-refractivity contribution in [2.75, 3.05) is 4.90 Å². The van der Waals surface area contributed by atoms with Crippen LogP contribution >= 0.6 is 11.3 Å². The molecule has 4 nitrogen and oxygen atoms in total. The second-order valence-electron chi connectivity index (χ2n) is 4.24. The Morgan fingerprint density at radius 1 is 1.37 bits per heavy atom. The average molecular weight is 276 g/mol. The summed E-state index contributed by atoms with van der Waals surface area (Å²) in [6.45, 7) is 2.10. The molecule has 0 radical (unpaired) electrons. The Morgan fingerprint density at radius 2 is 2.16 bits per heavy atom. The minimum Gasteiger partial charge on any atom is -0.299 e. The summed E-state index contributed by atoms with van der Waals surface area (Å²) in [4.78, 5) is 29.3. The molecule has 2 aromatic rings. The van der Waals surface area contributed by atoms with E-state index in [4.69, 9.17) is 0 Å². The van der Waals surface area contributed by atoms with E-state index in [2.05, 4.69) is 4.98 Å². The van der Waals surface area contributed by atoms with Crippen molar-refractivity contribution in [3.63, 3.8) is 0 Å². The summed E-state index contributed by atoms with van der Waals surface area (Å²) in [5, 5.41) is 2.74. The molecule has 1 aromatic carbocycles. The van der Waals surface area contributed by atoms with Gasteiger partial charge in [-0.15, -0.1) is 11.3 Å². The fourth-order valence-corrected chi connectivity index (χ4v) is 2.68. The number of halogens is 1. The highest BCUT2D eigenvalue weighted by Crippen LogP contribution is 2.30. The van der Waals surface area contributed by atoms with Gasteiger partial charge in [-0.25, -0.2) is 9.37 Å². The second kappa shape index (κ2) is 4.24. The molecule has 0 aliphatic carbocycles. The van der Waals surface area contributed by atoms with E-state index in [1.165, 1.54) is 28.4 Å². The van der Waals surface area contributed by atoms with Gasteiger partial charge in [0.25, 0.3) is 11.7 Å². The first-order chi connectivity index (χ1) is 9.06. The Balaban J connectivity index is 1.99. The van der Waals surface area contributed by atoms with Gasteiger partial charge in [0, 0.05) is 5.38 Å². The average Bonchev–Trinajstić information content (AvgIpc) is 2.88. The third kappa shape index (κ3) is 1.94. The molecule has 0 saturated carbocycles. The van der Waals surface area contributed by atoms with Gasteiger partial charge in [-0.1, -0.05) is 0 Å². The summed E-state index contributed by atoms with van der Waals surface area (Å²) in [6.07, 6.45) is 0. The molecule has 0 spiro atoms. The number of aromatic nitrogens is 1. The minimum atomic E-state index is -0.665. The smallest absolute Gasteiger partial charge is 0.299 e. The van der Waals surface area contributed by atoms with Crippen molar-refractivity contribution >= 4 is 28.7 Å². The van der Waals surface area contributed by atoms with E-state index in [1.807, 2.05) is 12.3 Å². The number of rotatable bonds is 2. The Bertz CT molecular complexity index is 696. The van der Waals surface area contributed by atoms with Crippen molar-refractivity contribution in [1.29, 1.82) is 0 Å². The predicted molar refractivity (Wildman–Crippen MR) is 68.8 cm³/mol. The quantitative estimate of drug-likeness (QED) is 0.791. The highest BCUT2D eigenvalue weighted by molar-refractivity contribution is 7.09. The molecule has 3 rings (SSSR count). The molecule has 0 saturated heterocycles.